The van der Waals surface area contributed by atoms with E-state index in [0.29, 0.717) is 5.56 Å². The normalized spacial score (nSPS) is 12.4. The highest BCUT2D eigenvalue weighted by Gasteiger charge is 2.25. The maximum Gasteiger partial charge on any atom is 0.408 e. The van der Waals surface area contributed by atoms with Crippen molar-refractivity contribution in [1.29, 1.82) is 0 Å². The number of ether oxygens (including phenoxy) is 2. The lowest BCUT2D eigenvalue weighted by Gasteiger charge is -2.22. The van der Waals surface area contributed by atoms with Crippen LogP contribution in [-0.4, -0.2) is 35.8 Å². The number of carbonyl (C=O) groups excluding carboxylic acids is 2. The van der Waals surface area contributed by atoms with E-state index < -0.39 is 29.7 Å². The number of rotatable bonds is 4. The number of amides is 1. The van der Waals surface area contributed by atoms with Gasteiger partial charge in [-0.15, -0.1) is 0 Å². The first-order valence-corrected chi connectivity index (χ1v) is 6.39. The van der Waals surface area contributed by atoms with E-state index in [9.17, 15) is 14.0 Å². The lowest BCUT2D eigenvalue weighted by Crippen LogP contribution is -2.45. The van der Waals surface area contributed by atoms with E-state index in [1.165, 1.54) is 25.4 Å². The molecule has 0 spiro atoms. The molecule has 6 nitrogen and oxygen atoms in total. The molecule has 0 saturated carbocycles. The Morgan fingerprint density at radius 3 is 2.52 bits per heavy atom. The first-order valence-electron chi connectivity index (χ1n) is 6.39. The van der Waals surface area contributed by atoms with E-state index in [4.69, 9.17) is 4.74 Å². The zero-order valence-electron chi connectivity index (χ0n) is 12.5. The topological polar surface area (TPSA) is 77.5 Å². The van der Waals surface area contributed by atoms with Gasteiger partial charge in [0.2, 0.25) is 5.95 Å². The maximum absolute atomic E-state index is 12.8. The molecule has 0 aliphatic heterocycles. The lowest BCUT2D eigenvalue weighted by molar-refractivity contribution is -0.143. The molecule has 0 aliphatic carbocycles. The summed E-state index contributed by atoms with van der Waals surface area (Å²) in [6.07, 6.45) is 0.689. The largest absolute Gasteiger partial charge is 0.467 e. The van der Waals surface area contributed by atoms with Crippen LogP contribution < -0.4 is 5.32 Å². The van der Waals surface area contributed by atoms with Gasteiger partial charge in [-0.25, -0.2) is 14.6 Å². The number of pyridine rings is 1. The molecule has 0 bridgehead atoms. The molecule has 0 radical (unpaired) electrons. The lowest BCUT2D eigenvalue weighted by atomic mass is 10.1. The van der Waals surface area contributed by atoms with E-state index in [-0.39, 0.29) is 6.42 Å². The van der Waals surface area contributed by atoms with Gasteiger partial charge in [-0.3, -0.25) is 0 Å². The molecule has 0 aromatic carbocycles. The summed E-state index contributed by atoms with van der Waals surface area (Å²) in [4.78, 5) is 26.9. The zero-order valence-corrected chi connectivity index (χ0v) is 12.5. The predicted molar refractivity (Wildman–Crippen MR) is 73.1 cm³/mol. The Bertz CT molecular complexity index is 497. The van der Waals surface area contributed by atoms with Crippen LogP contribution in [0.5, 0.6) is 0 Å². The molecule has 1 aromatic heterocycles. The molecule has 0 unspecified atom stereocenters. The van der Waals surface area contributed by atoms with Crippen molar-refractivity contribution in [2.45, 2.75) is 38.8 Å². The Kier molecular flexibility index (Phi) is 5.63. The SMILES string of the molecule is COC(=O)[C@@H](Cc1ccc(F)nc1)NC(=O)OC(C)(C)C. The summed E-state index contributed by atoms with van der Waals surface area (Å²) in [6.45, 7) is 5.14. The van der Waals surface area contributed by atoms with Crippen LogP contribution in [0.4, 0.5) is 9.18 Å². The molecular formula is C14H19FN2O4. The number of nitrogens with zero attached hydrogens (tertiary/aromatic N) is 1. The van der Waals surface area contributed by atoms with E-state index in [0.717, 1.165) is 0 Å². The van der Waals surface area contributed by atoms with Gasteiger partial charge in [0.15, 0.2) is 0 Å². The van der Waals surface area contributed by atoms with Crippen LogP contribution in [0.3, 0.4) is 0 Å². The number of methoxy groups -OCH3 is 1. The number of carbonyl (C=O) groups is 2. The van der Waals surface area contributed by atoms with Crippen LogP contribution in [0.15, 0.2) is 18.3 Å². The predicted octanol–water partition coefficient (Wildman–Crippen LogP) is 1.83. The highest BCUT2D eigenvalue weighted by Crippen LogP contribution is 2.09. The standard InChI is InChI=1S/C14H19FN2O4/c1-14(2,3)21-13(19)17-10(12(18)20-4)7-9-5-6-11(15)16-8-9/h5-6,8,10H,7H2,1-4H3,(H,17,19)/t10-/m1/s1. The average molecular weight is 298 g/mol. The second-order valence-electron chi connectivity index (χ2n) is 5.42. The van der Waals surface area contributed by atoms with Crippen molar-refractivity contribution < 1.29 is 23.5 Å². The van der Waals surface area contributed by atoms with E-state index in [1.807, 2.05) is 0 Å². The summed E-state index contributed by atoms with van der Waals surface area (Å²) in [6, 6.07) is 1.73. The van der Waals surface area contributed by atoms with Crippen molar-refractivity contribution in [3.63, 3.8) is 0 Å². The molecule has 1 rings (SSSR count). The van der Waals surface area contributed by atoms with Gasteiger partial charge in [0.25, 0.3) is 0 Å². The molecule has 1 heterocycles. The minimum absolute atomic E-state index is 0.124. The van der Waals surface area contributed by atoms with Gasteiger partial charge >= 0.3 is 12.1 Å². The summed E-state index contributed by atoms with van der Waals surface area (Å²) >= 11 is 0. The highest BCUT2D eigenvalue weighted by molar-refractivity contribution is 5.81. The molecule has 1 atom stereocenters. The van der Waals surface area contributed by atoms with Gasteiger partial charge in [0, 0.05) is 12.6 Å². The van der Waals surface area contributed by atoms with Gasteiger partial charge in [-0.2, -0.15) is 4.39 Å². The summed E-state index contributed by atoms with van der Waals surface area (Å²) in [5.41, 5.74) is -0.0924. The average Bonchev–Trinajstić information content (AvgIpc) is 2.37. The van der Waals surface area contributed by atoms with Crippen LogP contribution in [-0.2, 0) is 20.7 Å². The van der Waals surface area contributed by atoms with Gasteiger partial charge in [0.05, 0.1) is 7.11 Å². The fourth-order valence-electron chi connectivity index (χ4n) is 1.55. The zero-order chi connectivity index (χ0) is 16.0. The molecule has 7 heteroatoms. The Hall–Kier alpha value is -2.18. The van der Waals surface area contributed by atoms with Crippen LogP contribution in [0.25, 0.3) is 0 Å². The van der Waals surface area contributed by atoms with Crippen LogP contribution in [0, 0.1) is 5.95 Å². The monoisotopic (exact) mass is 298 g/mol. The van der Waals surface area contributed by atoms with E-state index in [2.05, 4.69) is 15.0 Å². The number of hydrogen-bond acceptors (Lipinski definition) is 5. The fourth-order valence-corrected chi connectivity index (χ4v) is 1.55. The molecular weight excluding hydrogens is 279 g/mol. The third-order valence-electron chi connectivity index (χ3n) is 2.41. The van der Waals surface area contributed by atoms with Crippen molar-refractivity contribution in [2.24, 2.45) is 0 Å². The fraction of sp³-hybridized carbons (Fsp3) is 0.500. The van der Waals surface area contributed by atoms with Gasteiger partial charge in [-0.05, 0) is 32.4 Å². The molecule has 1 aromatic rings. The Labute approximate surface area is 122 Å². The van der Waals surface area contributed by atoms with Crippen LogP contribution in [0.1, 0.15) is 26.3 Å². The number of aromatic nitrogens is 1. The molecule has 0 aliphatic rings. The van der Waals surface area contributed by atoms with Gasteiger partial charge < -0.3 is 14.8 Å². The van der Waals surface area contributed by atoms with Crippen molar-refractivity contribution in [1.82, 2.24) is 10.3 Å². The third-order valence-corrected chi connectivity index (χ3v) is 2.41. The Morgan fingerprint density at radius 1 is 1.38 bits per heavy atom. The van der Waals surface area contributed by atoms with Gasteiger partial charge in [-0.1, -0.05) is 6.07 Å². The number of nitrogens with one attached hydrogen (secondary N) is 1. The third kappa shape index (κ3) is 6.20. The Balaban J connectivity index is 2.74. The first-order chi connectivity index (χ1) is 9.71. The summed E-state index contributed by atoms with van der Waals surface area (Å²) < 4.78 is 22.5. The maximum atomic E-state index is 12.8. The molecule has 1 N–H and O–H groups in total. The van der Waals surface area contributed by atoms with E-state index in [1.54, 1.807) is 20.8 Å². The molecule has 0 fully saturated rings. The molecule has 0 saturated heterocycles. The number of alkyl carbamates (subject to hydrolysis) is 1. The molecule has 21 heavy (non-hydrogen) atoms. The van der Waals surface area contributed by atoms with E-state index >= 15 is 0 Å². The van der Waals surface area contributed by atoms with Crippen LogP contribution in [0.2, 0.25) is 0 Å². The number of esters is 1. The van der Waals surface area contributed by atoms with Gasteiger partial charge in [0.1, 0.15) is 11.6 Å². The second-order valence-corrected chi connectivity index (χ2v) is 5.42. The Morgan fingerprint density at radius 2 is 2.05 bits per heavy atom. The van der Waals surface area contributed by atoms with Crippen molar-refractivity contribution in [3.8, 4) is 0 Å². The molecule has 1 amide bonds. The van der Waals surface area contributed by atoms with Crippen molar-refractivity contribution in [2.75, 3.05) is 7.11 Å². The van der Waals surface area contributed by atoms with Crippen LogP contribution >= 0.6 is 0 Å². The second kappa shape index (κ2) is 7.01. The highest BCUT2D eigenvalue weighted by atomic mass is 19.1. The first kappa shape index (κ1) is 16.9. The molecule has 116 valence electrons. The number of halogens is 1. The summed E-state index contributed by atoms with van der Waals surface area (Å²) in [5.74, 6) is -1.24. The summed E-state index contributed by atoms with van der Waals surface area (Å²) in [5, 5.41) is 2.43. The minimum Gasteiger partial charge on any atom is -0.467 e. The quantitative estimate of drug-likeness (QED) is 0.678. The summed E-state index contributed by atoms with van der Waals surface area (Å²) in [7, 11) is 1.22. The van der Waals surface area contributed by atoms with Crippen molar-refractivity contribution >= 4 is 12.1 Å². The van der Waals surface area contributed by atoms with Crippen molar-refractivity contribution in [3.05, 3.63) is 29.8 Å². The number of hydrogen-bond donors (Lipinski definition) is 1. The smallest absolute Gasteiger partial charge is 0.408 e. The minimum atomic E-state index is -0.933.